The molecule has 3 heteroatoms. The molecule has 1 rings (SSSR count). The molecule has 1 fully saturated rings. The number of likely N-dealkylation sites (tertiary alicyclic amines) is 1. The predicted molar refractivity (Wildman–Crippen MR) is 73.2 cm³/mol. The lowest BCUT2D eigenvalue weighted by atomic mass is 9.82. The summed E-state index contributed by atoms with van der Waals surface area (Å²) in [7, 11) is 0. The van der Waals surface area contributed by atoms with Gasteiger partial charge < -0.3 is 15.3 Å². The van der Waals surface area contributed by atoms with E-state index in [2.05, 4.69) is 37.9 Å². The summed E-state index contributed by atoms with van der Waals surface area (Å²) in [4.78, 5) is 2.54. The molecule has 0 aromatic heterocycles. The zero-order valence-electron chi connectivity index (χ0n) is 12.0. The SMILES string of the molecule is CC(C)NC(CO)CCN1CCC(C)(C)CC1. The third kappa shape index (κ3) is 5.84. The molecule has 1 aliphatic rings. The smallest absolute Gasteiger partial charge is 0.0585 e. The number of hydrogen-bond acceptors (Lipinski definition) is 3. The maximum absolute atomic E-state index is 9.31. The molecule has 0 amide bonds. The second kappa shape index (κ2) is 6.72. The van der Waals surface area contributed by atoms with E-state index in [0.29, 0.717) is 11.5 Å². The summed E-state index contributed by atoms with van der Waals surface area (Å²) in [5.41, 5.74) is 0.531. The van der Waals surface area contributed by atoms with Crippen LogP contribution in [0.5, 0.6) is 0 Å². The van der Waals surface area contributed by atoms with Gasteiger partial charge in [-0.25, -0.2) is 0 Å². The number of nitrogens with one attached hydrogen (secondary N) is 1. The molecule has 0 aromatic carbocycles. The summed E-state index contributed by atoms with van der Waals surface area (Å²) in [6.07, 6.45) is 3.65. The number of aliphatic hydroxyl groups excluding tert-OH is 1. The van der Waals surface area contributed by atoms with E-state index in [1.807, 2.05) is 0 Å². The highest BCUT2D eigenvalue weighted by atomic mass is 16.3. The van der Waals surface area contributed by atoms with Crippen LogP contribution in [-0.2, 0) is 0 Å². The van der Waals surface area contributed by atoms with E-state index >= 15 is 0 Å². The fraction of sp³-hybridized carbons (Fsp3) is 1.00. The monoisotopic (exact) mass is 242 g/mol. The van der Waals surface area contributed by atoms with Gasteiger partial charge in [-0.05, 0) is 44.3 Å². The van der Waals surface area contributed by atoms with Gasteiger partial charge in [0.2, 0.25) is 0 Å². The molecule has 0 bridgehead atoms. The fourth-order valence-electron chi connectivity index (χ4n) is 2.42. The molecular weight excluding hydrogens is 212 g/mol. The van der Waals surface area contributed by atoms with Crippen molar-refractivity contribution < 1.29 is 5.11 Å². The summed E-state index contributed by atoms with van der Waals surface area (Å²) >= 11 is 0. The van der Waals surface area contributed by atoms with Crippen LogP contribution in [0.2, 0.25) is 0 Å². The van der Waals surface area contributed by atoms with Gasteiger partial charge in [-0.15, -0.1) is 0 Å². The van der Waals surface area contributed by atoms with E-state index in [1.54, 1.807) is 0 Å². The van der Waals surface area contributed by atoms with Crippen LogP contribution >= 0.6 is 0 Å². The highest BCUT2D eigenvalue weighted by Crippen LogP contribution is 2.29. The molecule has 0 radical (unpaired) electrons. The van der Waals surface area contributed by atoms with Gasteiger partial charge in [0.25, 0.3) is 0 Å². The molecule has 0 aliphatic carbocycles. The quantitative estimate of drug-likeness (QED) is 0.746. The van der Waals surface area contributed by atoms with Gasteiger partial charge in [0.15, 0.2) is 0 Å². The standard InChI is InChI=1S/C14H30N2O/c1-12(2)15-13(11-17)5-8-16-9-6-14(3,4)7-10-16/h12-13,15,17H,5-11H2,1-4H3. The maximum atomic E-state index is 9.31. The van der Waals surface area contributed by atoms with Gasteiger partial charge in [0.05, 0.1) is 6.61 Å². The Kier molecular flexibility index (Phi) is 5.90. The first-order valence-electron chi connectivity index (χ1n) is 7.02. The van der Waals surface area contributed by atoms with Crippen LogP contribution in [-0.4, -0.2) is 48.3 Å². The lowest BCUT2D eigenvalue weighted by molar-refractivity contribution is 0.122. The Morgan fingerprint density at radius 2 is 1.82 bits per heavy atom. The van der Waals surface area contributed by atoms with Crippen molar-refractivity contribution >= 4 is 0 Å². The van der Waals surface area contributed by atoms with E-state index in [0.717, 1.165) is 13.0 Å². The lowest BCUT2D eigenvalue weighted by Crippen LogP contribution is -2.43. The van der Waals surface area contributed by atoms with Crippen molar-refractivity contribution in [1.82, 2.24) is 10.2 Å². The van der Waals surface area contributed by atoms with Gasteiger partial charge in [-0.2, -0.15) is 0 Å². The van der Waals surface area contributed by atoms with Crippen LogP contribution < -0.4 is 5.32 Å². The summed E-state index contributed by atoms with van der Waals surface area (Å²) in [5, 5.41) is 12.7. The van der Waals surface area contributed by atoms with Gasteiger partial charge >= 0.3 is 0 Å². The molecule has 17 heavy (non-hydrogen) atoms. The number of piperidine rings is 1. The third-order valence-electron chi connectivity index (χ3n) is 3.79. The largest absolute Gasteiger partial charge is 0.395 e. The Morgan fingerprint density at radius 3 is 2.29 bits per heavy atom. The first-order chi connectivity index (χ1) is 7.93. The summed E-state index contributed by atoms with van der Waals surface area (Å²) < 4.78 is 0. The van der Waals surface area contributed by atoms with E-state index in [9.17, 15) is 5.11 Å². The number of hydrogen-bond donors (Lipinski definition) is 2. The van der Waals surface area contributed by atoms with Crippen molar-refractivity contribution in [2.24, 2.45) is 5.41 Å². The van der Waals surface area contributed by atoms with Gasteiger partial charge in [-0.1, -0.05) is 27.7 Å². The zero-order valence-corrected chi connectivity index (χ0v) is 12.0. The summed E-state index contributed by atoms with van der Waals surface area (Å²) in [6, 6.07) is 0.706. The predicted octanol–water partition coefficient (Wildman–Crippen LogP) is 1.86. The zero-order chi connectivity index (χ0) is 12.9. The van der Waals surface area contributed by atoms with E-state index in [4.69, 9.17) is 0 Å². The van der Waals surface area contributed by atoms with E-state index in [-0.39, 0.29) is 12.6 Å². The van der Waals surface area contributed by atoms with Gasteiger partial charge in [0, 0.05) is 12.1 Å². The van der Waals surface area contributed by atoms with Crippen molar-refractivity contribution in [1.29, 1.82) is 0 Å². The molecule has 2 N–H and O–H groups in total. The highest BCUT2D eigenvalue weighted by Gasteiger charge is 2.25. The van der Waals surface area contributed by atoms with Crippen molar-refractivity contribution in [2.75, 3.05) is 26.2 Å². The molecule has 1 heterocycles. The van der Waals surface area contributed by atoms with Crippen LogP contribution in [0, 0.1) is 5.41 Å². The molecular formula is C14H30N2O. The van der Waals surface area contributed by atoms with Crippen molar-refractivity contribution in [3.05, 3.63) is 0 Å². The molecule has 1 aliphatic heterocycles. The minimum absolute atomic E-state index is 0.248. The second-order valence-electron chi connectivity index (χ2n) is 6.50. The first-order valence-corrected chi connectivity index (χ1v) is 7.02. The summed E-state index contributed by atoms with van der Waals surface area (Å²) in [5.74, 6) is 0. The van der Waals surface area contributed by atoms with Crippen molar-refractivity contribution in [2.45, 2.75) is 59.0 Å². The van der Waals surface area contributed by atoms with Crippen molar-refractivity contribution in [3.63, 3.8) is 0 Å². The molecule has 0 spiro atoms. The molecule has 1 atom stereocenters. The third-order valence-corrected chi connectivity index (χ3v) is 3.79. The topological polar surface area (TPSA) is 35.5 Å². The van der Waals surface area contributed by atoms with Crippen LogP contribution in [0.3, 0.4) is 0 Å². The number of nitrogens with zero attached hydrogens (tertiary/aromatic N) is 1. The number of rotatable bonds is 6. The van der Waals surface area contributed by atoms with Crippen LogP contribution in [0.1, 0.15) is 47.0 Å². The molecule has 0 aromatic rings. The summed E-state index contributed by atoms with van der Waals surface area (Å²) in [6.45, 7) is 12.8. The van der Waals surface area contributed by atoms with Gasteiger partial charge in [0.1, 0.15) is 0 Å². The molecule has 1 saturated heterocycles. The Labute approximate surface area is 107 Å². The van der Waals surface area contributed by atoms with Crippen molar-refractivity contribution in [3.8, 4) is 0 Å². The highest BCUT2D eigenvalue weighted by molar-refractivity contribution is 4.79. The minimum atomic E-state index is 0.248. The first kappa shape index (κ1) is 14.9. The molecule has 102 valence electrons. The average Bonchev–Trinajstić information content (AvgIpc) is 2.25. The normalized spacial score (nSPS) is 22.9. The number of aliphatic hydroxyl groups is 1. The Bertz CT molecular complexity index is 206. The molecule has 0 saturated carbocycles. The fourth-order valence-corrected chi connectivity index (χ4v) is 2.42. The average molecular weight is 242 g/mol. The Balaban J connectivity index is 2.21. The second-order valence-corrected chi connectivity index (χ2v) is 6.50. The Morgan fingerprint density at radius 1 is 1.24 bits per heavy atom. The van der Waals surface area contributed by atoms with Crippen LogP contribution in [0.25, 0.3) is 0 Å². The Hall–Kier alpha value is -0.120. The lowest BCUT2D eigenvalue weighted by Gasteiger charge is -2.37. The van der Waals surface area contributed by atoms with Gasteiger partial charge in [-0.3, -0.25) is 0 Å². The molecule has 1 unspecified atom stereocenters. The minimum Gasteiger partial charge on any atom is -0.395 e. The van der Waals surface area contributed by atoms with E-state index < -0.39 is 0 Å². The van der Waals surface area contributed by atoms with Crippen LogP contribution in [0.4, 0.5) is 0 Å². The van der Waals surface area contributed by atoms with Crippen LogP contribution in [0.15, 0.2) is 0 Å². The van der Waals surface area contributed by atoms with E-state index in [1.165, 1.54) is 25.9 Å². The maximum Gasteiger partial charge on any atom is 0.0585 e. The molecule has 3 nitrogen and oxygen atoms in total.